The van der Waals surface area contributed by atoms with E-state index < -0.39 is 5.78 Å². The number of benzene rings is 2. The van der Waals surface area contributed by atoms with Crippen LogP contribution in [0.25, 0.3) is 22.5 Å². The summed E-state index contributed by atoms with van der Waals surface area (Å²) in [6.07, 6.45) is 2.95. The highest BCUT2D eigenvalue weighted by molar-refractivity contribution is 6.33. The number of nitrogens with one attached hydrogen (secondary N) is 1. The zero-order chi connectivity index (χ0) is 28.2. The number of carbonyl (C=O) groups is 2. The molecule has 11 heteroatoms. The van der Waals surface area contributed by atoms with E-state index in [4.69, 9.17) is 11.6 Å². The average molecular weight is 556 g/mol. The van der Waals surface area contributed by atoms with Gasteiger partial charge in [-0.2, -0.15) is 9.94 Å². The van der Waals surface area contributed by atoms with E-state index in [1.165, 1.54) is 19.1 Å². The number of ketones is 1. The van der Waals surface area contributed by atoms with Gasteiger partial charge in [-0.25, -0.2) is 4.98 Å². The van der Waals surface area contributed by atoms with E-state index in [1.54, 1.807) is 4.57 Å². The van der Waals surface area contributed by atoms with Crippen molar-refractivity contribution in [2.24, 2.45) is 0 Å². The summed E-state index contributed by atoms with van der Waals surface area (Å²) in [4.78, 5) is 29.5. The molecular formula is C29H26ClN7O3. The number of nitrogens with zero attached hydrogens (tertiary/aromatic N) is 6. The predicted octanol–water partition coefficient (Wildman–Crippen LogP) is 4.76. The second-order valence-electron chi connectivity index (χ2n) is 9.34. The highest BCUT2D eigenvalue weighted by Gasteiger charge is 2.29. The lowest BCUT2D eigenvalue weighted by molar-refractivity contribution is -0.614. The minimum atomic E-state index is -0.574. The molecule has 0 unspecified atom stereocenters. The standard InChI is InChI=1S/C29H26ClN7O3/c1-3-4-10-25-31-28(30)26(27(39)24-14-12-21(17-38)18(2)37(24)40)36(25)16-19-11-13-22(20-8-6-5-7-9-20)23(15-19)29-32-34-35-33-29/h5-9,11-15,17H,3-4,10,16H2,1-2H3,(H,32,33,34,35). The number of pyridine rings is 1. The zero-order valence-corrected chi connectivity index (χ0v) is 22.7. The molecule has 202 valence electrons. The molecular weight excluding hydrogens is 530 g/mol. The van der Waals surface area contributed by atoms with Gasteiger partial charge in [-0.05, 0) is 40.5 Å². The molecule has 0 aliphatic rings. The van der Waals surface area contributed by atoms with Gasteiger partial charge in [0.2, 0.25) is 11.5 Å². The van der Waals surface area contributed by atoms with Crippen LogP contribution in [0.15, 0.2) is 60.7 Å². The molecule has 0 atom stereocenters. The number of rotatable bonds is 10. The second kappa shape index (κ2) is 11.6. The van der Waals surface area contributed by atoms with Crippen LogP contribution in [0, 0.1) is 12.1 Å². The molecule has 0 fully saturated rings. The van der Waals surface area contributed by atoms with Crippen molar-refractivity contribution in [1.82, 2.24) is 30.2 Å². The molecule has 3 heterocycles. The Hall–Kier alpha value is -4.70. The van der Waals surface area contributed by atoms with Crippen LogP contribution in [0.1, 0.15) is 63.4 Å². The van der Waals surface area contributed by atoms with E-state index >= 15 is 0 Å². The number of aldehydes is 1. The lowest BCUT2D eigenvalue weighted by Gasteiger charge is -2.14. The number of hydrogen-bond acceptors (Lipinski definition) is 7. The second-order valence-corrected chi connectivity index (χ2v) is 9.70. The quantitative estimate of drug-likeness (QED) is 0.114. The van der Waals surface area contributed by atoms with Crippen LogP contribution in [-0.2, 0) is 13.0 Å². The number of unbranched alkanes of at least 4 members (excludes halogenated alkanes) is 1. The van der Waals surface area contributed by atoms with Gasteiger partial charge in [-0.1, -0.05) is 67.4 Å². The van der Waals surface area contributed by atoms with Gasteiger partial charge in [0.15, 0.2) is 11.4 Å². The first-order valence-corrected chi connectivity index (χ1v) is 13.2. The summed E-state index contributed by atoms with van der Waals surface area (Å²) < 4.78 is 2.23. The molecule has 2 aromatic carbocycles. The summed E-state index contributed by atoms with van der Waals surface area (Å²) >= 11 is 6.56. The summed E-state index contributed by atoms with van der Waals surface area (Å²) in [5.41, 5.74) is 3.86. The number of H-pyrrole nitrogens is 1. The van der Waals surface area contributed by atoms with Crippen LogP contribution in [0.5, 0.6) is 0 Å². The fourth-order valence-corrected chi connectivity index (χ4v) is 4.94. The van der Waals surface area contributed by atoms with Crippen LogP contribution in [0.4, 0.5) is 0 Å². The first kappa shape index (κ1) is 26.9. The number of imidazole rings is 1. The van der Waals surface area contributed by atoms with Crippen molar-refractivity contribution in [3.63, 3.8) is 0 Å². The largest absolute Gasteiger partial charge is 0.618 e. The van der Waals surface area contributed by atoms with Crippen molar-refractivity contribution in [3.8, 4) is 22.5 Å². The predicted molar refractivity (Wildman–Crippen MR) is 149 cm³/mol. The summed E-state index contributed by atoms with van der Waals surface area (Å²) in [6, 6.07) is 18.6. The van der Waals surface area contributed by atoms with Crippen molar-refractivity contribution in [2.75, 3.05) is 0 Å². The fraction of sp³-hybridized carbons (Fsp3) is 0.207. The minimum Gasteiger partial charge on any atom is -0.618 e. The van der Waals surface area contributed by atoms with Gasteiger partial charge in [0, 0.05) is 31.5 Å². The molecule has 0 radical (unpaired) electrons. The maximum atomic E-state index is 13.7. The minimum absolute atomic E-state index is 0.0208. The molecule has 0 amide bonds. The molecule has 1 N–H and O–H groups in total. The van der Waals surface area contributed by atoms with E-state index in [2.05, 4.69) is 32.5 Å². The molecule has 0 saturated heterocycles. The van der Waals surface area contributed by atoms with Crippen LogP contribution >= 0.6 is 11.6 Å². The van der Waals surface area contributed by atoms with Gasteiger partial charge in [-0.3, -0.25) is 9.59 Å². The highest BCUT2D eigenvalue weighted by atomic mass is 35.5. The SMILES string of the molecule is CCCCc1nc(Cl)c(C(=O)c2ccc(C=O)c(C)[n+]2[O-])n1Cc1ccc(-c2ccccc2)c(-c2nn[nH]n2)c1. The maximum absolute atomic E-state index is 13.7. The Kier molecular flexibility index (Phi) is 7.79. The number of tetrazole rings is 1. The molecule has 0 bridgehead atoms. The van der Waals surface area contributed by atoms with Crippen molar-refractivity contribution in [2.45, 2.75) is 39.7 Å². The molecule has 0 aliphatic carbocycles. The van der Waals surface area contributed by atoms with E-state index in [0.29, 0.717) is 29.1 Å². The number of aryl methyl sites for hydroxylation is 1. The zero-order valence-electron chi connectivity index (χ0n) is 22.0. The lowest BCUT2D eigenvalue weighted by atomic mass is 9.97. The Labute approximate surface area is 235 Å². The Morgan fingerprint density at radius 1 is 1.12 bits per heavy atom. The summed E-state index contributed by atoms with van der Waals surface area (Å²) in [7, 11) is 0. The van der Waals surface area contributed by atoms with Gasteiger partial charge in [0.1, 0.15) is 11.5 Å². The van der Waals surface area contributed by atoms with E-state index in [1.807, 2.05) is 48.5 Å². The molecule has 0 saturated carbocycles. The summed E-state index contributed by atoms with van der Waals surface area (Å²) in [5, 5.41) is 27.6. The summed E-state index contributed by atoms with van der Waals surface area (Å²) in [5.74, 6) is 0.502. The number of aromatic nitrogens is 7. The number of halogens is 1. The van der Waals surface area contributed by atoms with Crippen molar-refractivity contribution in [3.05, 3.63) is 105 Å². The van der Waals surface area contributed by atoms with E-state index in [0.717, 1.165) is 35.1 Å². The molecule has 10 nitrogen and oxygen atoms in total. The van der Waals surface area contributed by atoms with Crippen LogP contribution in [-0.4, -0.2) is 42.2 Å². The summed E-state index contributed by atoms with van der Waals surface area (Å²) in [6.45, 7) is 3.83. The molecule has 0 aliphatic heterocycles. The first-order valence-electron chi connectivity index (χ1n) is 12.8. The van der Waals surface area contributed by atoms with Gasteiger partial charge >= 0.3 is 0 Å². The lowest BCUT2D eigenvalue weighted by Crippen LogP contribution is -2.39. The molecule has 0 spiro atoms. The first-order chi connectivity index (χ1) is 19.4. The van der Waals surface area contributed by atoms with Gasteiger partial charge in [-0.15, -0.1) is 10.2 Å². The normalized spacial score (nSPS) is 11.1. The van der Waals surface area contributed by atoms with Gasteiger partial charge in [0.05, 0.1) is 5.56 Å². The number of hydrogen-bond donors (Lipinski definition) is 1. The highest BCUT2D eigenvalue weighted by Crippen LogP contribution is 2.32. The average Bonchev–Trinajstić information content (AvgIpc) is 3.61. The van der Waals surface area contributed by atoms with Gasteiger partial charge < -0.3 is 9.77 Å². The van der Waals surface area contributed by atoms with Crippen LogP contribution in [0.2, 0.25) is 5.15 Å². The third-order valence-electron chi connectivity index (χ3n) is 6.79. The number of carbonyl (C=O) groups excluding carboxylic acids is 2. The smallest absolute Gasteiger partial charge is 0.277 e. The van der Waals surface area contributed by atoms with Crippen molar-refractivity contribution >= 4 is 23.7 Å². The van der Waals surface area contributed by atoms with Crippen molar-refractivity contribution < 1.29 is 14.3 Å². The molecule has 5 rings (SSSR count). The van der Waals surface area contributed by atoms with E-state index in [9.17, 15) is 14.8 Å². The fourth-order valence-electron chi connectivity index (χ4n) is 4.65. The maximum Gasteiger partial charge on any atom is 0.277 e. The Balaban J connectivity index is 1.61. The van der Waals surface area contributed by atoms with Crippen LogP contribution in [0.3, 0.4) is 0 Å². The molecule has 5 aromatic rings. The Morgan fingerprint density at radius 3 is 2.62 bits per heavy atom. The topological polar surface area (TPSA) is 133 Å². The molecule has 40 heavy (non-hydrogen) atoms. The van der Waals surface area contributed by atoms with Gasteiger partial charge in [0.25, 0.3) is 11.5 Å². The Morgan fingerprint density at radius 2 is 1.93 bits per heavy atom. The van der Waals surface area contributed by atoms with Crippen LogP contribution < -0.4 is 4.73 Å². The molecule has 3 aromatic heterocycles. The van der Waals surface area contributed by atoms with Crippen molar-refractivity contribution in [1.29, 1.82) is 0 Å². The third-order valence-corrected chi connectivity index (χ3v) is 7.05. The Bertz CT molecular complexity index is 1680. The number of aromatic amines is 1. The third kappa shape index (κ3) is 5.13. The monoisotopic (exact) mass is 555 g/mol. The van der Waals surface area contributed by atoms with E-state index in [-0.39, 0.29) is 34.3 Å².